The summed E-state index contributed by atoms with van der Waals surface area (Å²) in [5.41, 5.74) is 0. The number of likely N-dealkylation sites (N-methyl/N-ethyl adjacent to an activating group) is 1. The Bertz CT molecular complexity index is 1700. The van der Waals surface area contributed by atoms with E-state index in [1.807, 2.05) is 33.3 Å². The molecule has 0 spiro atoms. The van der Waals surface area contributed by atoms with Crippen molar-refractivity contribution in [1.29, 1.82) is 0 Å². The summed E-state index contributed by atoms with van der Waals surface area (Å²) >= 11 is 0. The van der Waals surface area contributed by atoms with Crippen molar-refractivity contribution in [3.05, 3.63) is 85.1 Å². The number of allylic oxidation sites excluding steroid dienone is 13. The highest BCUT2D eigenvalue weighted by molar-refractivity contribution is 7.47. The summed E-state index contributed by atoms with van der Waals surface area (Å²) < 4.78 is 30.8. The number of unbranched alkanes of at least 4 members (excludes halogenated alkanes) is 35. The van der Waals surface area contributed by atoms with Gasteiger partial charge < -0.3 is 19.4 Å². The number of carbonyl (C=O) groups is 2. The van der Waals surface area contributed by atoms with Crippen molar-refractivity contribution in [2.45, 2.75) is 328 Å². The van der Waals surface area contributed by atoms with Crippen LogP contribution in [0.4, 0.5) is 0 Å². The number of rotatable bonds is 63. The molecule has 9 nitrogen and oxygen atoms in total. The van der Waals surface area contributed by atoms with E-state index in [4.69, 9.17) is 13.8 Å². The van der Waals surface area contributed by atoms with Crippen molar-refractivity contribution in [3.8, 4) is 0 Å². The smallest absolute Gasteiger partial charge is 0.456 e. The second-order valence-electron chi connectivity index (χ2n) is 24.7. The van der Waals surface area contributed by atoms with E-state index in [0.29, 0.717) is 17.4 Å². The lowest BCUT2D eigenvalue weighted by molar-refractivity contribution is -0.870. The summed E-state index contributed by atoms with van der Waals surface area (Å²) in [7, 11) is 1.49. The lowest BCUT2D eigenvalue weighted by atomic mass is 10.0. The molecule has 2 N–H and O–H groups in total. The van der Waals surface area contributed by atoms with Crippen LogP contribution in [0.25, 0.3) is 0 Å². The molecule has 3 atom stereocenters. The largest absolute Gasteiger partial charge is 0.472 e. The number of ether oxygens (including phenoxy) is 1. The molecule has 0 fully saturated rings. The predicted molar refractivity (Wildman–Crippen MR) is 360 cm³/mol. The highest BCUT2D eigenvalue weighted by atomic mass is 31.2. The van der Waals surface area contributed by atoms with Crippen LogP contribution in [-0.4, -0.2) is 74.3 Å². The Morgan fingerprint density at radius 1 is 0.422 bits per heavy atom. The van der Waals surface area contributed by atoms with Gasteiger partial charge in [-0.15, -0.1) is 0 Å². The first-order chi connectivity index (χ1) is 40.4. The fourth-order valence-corrected chi connectivity index (χ4v) is 10.6. The average Bonchev–Trinajstić information content (AvgIpc) is 3.46. The molecule has 0 saturated heterocycles. The van der Waals surface area contributed by atoms with E-state index in [1.54, 1.807) is 0 Å². The molecule has 83 heavy (non-hydrogen) atoms. The molecule has 482 valence electrons. The van der Waals surface area contributed by atoms with Crippen molar-refractivity contribution < 1.29 is 37.3 Å². The van der Waals surface area contributed by atoms with Gasteiger partial charge in [-0.1, -0.05) is 280 Å². The lowest BCUT2D eigenvalue weighted by Crippen LogP contribution is -2.47. The summed E-state index contributed by atoms with van der Waals surface area (Å²) in [6, 6.07) is -0.860. The third-order valence-electron chi connectivity index (χ3n) is 15.3. The number of phosphoric acid groups is 1. The minimum Gasteiger partial charge on any atom is -0.456 e. The Labute approximate surface area is 514 Å². The predicted octanol–water partition coefficient (Wildman–Crippen LogP) is 22.1. The van der Waals surface area contributed by atoms with Crippen LogP contribution in [0, 0.1) is 0 Å². The SMILES string of the molecule is CCCCC/C=C\C/C=C\C/C=C\CCCCCCCCCCCCCCC(=O)NC(COP(=O)(O)OCC[N+](C)(C)C)C(/C=C\CCCCCCCCCCCCC)OC(=O)CCCCCCCC/C=C\C/C=C\C/C=C\CCCCC. The first-order valence-corrected chi connectivity index (χ1v) is 36.4. The van der Waals surface area contributed by atoms with Gasteiger partial charge in [0.1, 0.15) is 19.3 Å². The number of nitrogens with zero attached hydrogens (tertiary/aromatic N) is 1. The highest BCUT2D eigenvalue weighted by Gasteiger charge is 2.30. The van der Waals surface area contributed by atoms with Crippen molar-refractivity contribution in [1.82, 2.24) is 5.32 Å². The second kappa shape index (κ2) is 62.2. The Morgan fingerprint density at radius 2 is 0.735 bits per heavy atom. The van der Waals surface area contributed by atoms with Gasteiger partial charge in [0.25, 0.3) is 0 Å². The third-order valence-corrected chi connectivity index (χ3v) is 16.3. The highest BCUT2D eigenvalue weighted by Crippen LogP contribution is 2.43. The van der Waals surface area contributed by atoms with E-state index >= 15 is 0 Å². The van der Waals surface area contributed by atoms with E-state index in [0.717, 1.165) is 96.3 Å². The van der Waals surface area contributed by atoms with Crippen LogP contribution in [0.2, 0.25) is 0 Å². The first kappa shape index (κ1) is 80.2. The van der Waals surface area contributed by atoms with Gasteiger partial charge >= 0.3 is 13.8 Å². The zero-order valence-corrected chi connectivity index (χ0v) is 56.1. The van der Waals surface area contributed by atoms with Gasteiger partial charge in [0, 0.05) is 12.8 Å². The molecule has 1 amide bonds. The molecule has 0 rings (SSSR count). The molecule has 0 aliphatic rings. The molecule has 0 aliphatic carbocycles. The number of esters is 1. The van der Waals surface area contributed by atoms with Crippen LogP contribution in [0.3, 0.4) is 0 Å². The van der Waals surface area contributed by atoms with Crippen molar-refractivity contribution in [2.24, 2.45) is 0 Å². The average molecular weight is 1180 g/mol. The second-order valence-corrected chi connectivity index (χ2v) is 26.1. The maximum atomic E-state index is 13.6. The molecule has 0 aromatic heterocycles. The summed E-state index contributed by atoms with van der Waals surface area (Å²) in [4.78, 5) is 37.9. The molecular weight excluding hydrogens is 1050 g/mol. The molecule has 0 aromatic rings. The zero-order chi connectivity index (χ0) is 60.7. The van der Waals surface area contributed by atoms with Crippen LogP contribution in [0.1, 0.15) is 316 Å². The van der Waals surface area contributed by atoms with Crippen molar-refractivity contribution >= 4 is 19.7 Å². The topological polar surface area (TPSA) is 111 Å². The number of phosphoric ester groups is 1. The number of amides is 1. The maximum Gasteiger partial charge on any atom is 0.472 e. The molecule has 10 heteroatoms. The monoisotopic (exact) mass is 1180 g/mol. The van der Waals surface area contributed by atoms with Crippen molar-refractivity contribution in [3.63, 3.8) is 0 Å². The Morgan fingerprint density at radius 3 is 1.12 bits per heavy atom. The summed E-state index contributed by atoms with van der Waals surface area (Å²) in [5.74, 6) is -0.516. The van der Waals surface area contributed by atoms with E-state index in [2.05, 4.69) is 99.0 Å². The molecule has 0 aromatic carbocycles. The fourth-order valence-electron chi connectivity index (χ4n) is 9.90. The molecule has 0 heterocycles. The molecule has 0 aliphatic heterocycles. The lowest BCUT2D eigenvalue weighted by Gasteiger charge is -2.27. The van der Waals surface area contributed by atoms with Crippen LogP contribution in [0.15, 0.2) is 85.1 Å². The molecule has 3 unspecified atom stereocenters. The van der Waals surface area contributed by atoms with Gasteiger partial charge in [0.05, 0.1) is 33.8 Å². The van der Waals surface area contributed by atoms with E-state index in [9.17, 15) is 19.0 Å². The number of quaternary nitrogens is 1. The van der Waals surface area contributed by atoms with Gasteiger partial charge in [0.2, 0.25) is 5.91 Å². The molecule has 0 saturated carbocycles. The van der Waals surface area contributed by atoms with Crippen LogP contribution in [-0.2, 0) is 27.9 Å². The minimum absolute atomic E-state index is 0.0351. The standard InChI is InChI=1S/C73H133N2O7P/c1-7-10-13-16-19-22-25-28-30-32-34-35-36-37-38-39-41-42-44-47-50-53-56-59-62-65-72(76)74-70(69-81-83(78,79)80-68-67-75(4,5)6)71(64-61-58-55-52-49-46-27-24-21-18-15-12-9-3)82-73(77)66-63-60-57-54-51-48-45-43-40-33-31-29-26-23-20-17-14-11-8-2/h19-20,22-23,28-31,34-35,40,43,61,64,70-71H,7-18,21,24-27,32-33,36-39,41-42,44-60,62-63,65-69H2,1-6H3,(H-,74,76,78,79)/p+1/b22-19-,23-20-,30-28-,31-29-,35-34-,43-40-,64-61-. The normalized spacial score (nSPS) is 14.1. The molecule has 0 bridgehead atoms. The summed E-state index contributed by atoms with van der Waals surface area (Å²) in [5, 5.41) is 3.07. The van der Waals surface area contributed by atoms with E-state index in [1.165, 1.54) is 186 Å². The van der Waals surface area contributed by atoms with Gasteiger partial charge in [-0.3, -0.25) is 18.6 Å². The number of carbonyl (C=O) groups excluding carboxylic acids is 2. The van der Waals surface area contributed by atoms with Gasteiger partial charge in [0.15, 0.2) is 0 Å². The van der Waals surface area contributed by atoms with E-state index < -0.39 is 20.0 Å². The fraction of sp³-hybridized carbons (Fsp3) is 0.781. The van der Waals surface area contributed by atoms with Gasteiger partial charge in [-0.05, 0) is 109 Å². The maximum absolute atomic E-state index is 13.6. The number of hydrogen-bond acceptors (Lipinski definition) is 6. The third kappa shape index (κ3) is 63.5. The number of nitrogens with one attached hydrogen (secondary N) is 1. The van der Waals surface area contributed by atoms with E-state index in [-0.39, 0.29) is 31.5 Å². The Kier molecular flexibility index (Phi) is 60.1. The Balaban J connectivity index is 5.15. The quantitative estimate of drug-likeness (QED) is 0.0205. The van der Waals surface area contributed by atoms with Crippen molar-refractivity contribution in [2.75, 3.05) is 40.9 Å². The summed E-state index contributed by atoms with van der Waals surface area (Å²) in [6.45, 7) is 6.97. The zero-order valence-electron chi connectivity index (χ0n) is 55.2. The molecular formula is C73H134N2O7P+. The van der Waals surface area contributed by atoms with Gasteiger partial charge in [-0.25, -0.2) is 4.57 Å². The number of hydrogen-bond donors (Lipinski definition) is 2. The van der Waals surface area contributed by atoms with Crippen LogP contribution in [0.5, 0.6) is 0 Å². The minimum atomic E-state index is -4.46. The molecule has 0 radical (unpaired) electrons. The van der Waals surface area contributed by atoms with Gasteiger partial charge in [-0.2, -0.15) is 0 Å². The first-order valence-electron chi connectivity index (χ1n) is 34.9. The Hall–Kier alpha value is -2.81. The van der Waals surface area contributed by atoms with Crippen LogP contribution >= 0.6 is 7.82 Å². The van der Waals surface area contributed by atoms with Crippen LogP contribution < -0.4 is 5.32 Å². The summed E-state index contributed by atoms with van der Waals surface area (Å²) in [6.07, 6.45) is 82.9.